The van der Waals surface area contributed by atoms with Crippen molar-refractivity contribution in [3.63, 3.8) is 0 Å². The van der Waals surface area contributed by atoms with Crippen molar-refractivity contribution in [1.82, 2.24) is 19.9 Å². The summed E-state index contributed by atoms with van der Waals surface area (Å²) in [7, 11) is 0. The molecule has 4 heterocycles. The van der Waals surface area contributed by atoms with Gasteiger partial charge in [0.25, 0.3) is 0 Å². The Kier molecular flexibility index (Phi) is 8.36. The number of piperidine rings is 1. The maximum Gasteiger partial charge on any atom is 0.408 e. The van der Waals surface area contributed by atoms with Crippen molar-refractivity contribution >= 4 is 63.3 Å². The van der Waals surface area contributed by atoms with Crippen LogP contribution in [0.2, 0.25) is 10.0 Å². The highest BCUT2D eigenvalue weighted by Gasteiger charge is 2.36. The van der Waals surface area contributed by atoms with Crippen molar-refractivity contribution in [3.05, 3.63) is 64.4 Å². The highest BCUT2D eigenvalue weighted by atomic mass is 35.5. The van der Waals surface area contributed by atoms with Gasteiger partial charge >= 0.3 is 6.09 Å². The fourth-order valence-corrected chi connectivity index (χ4v) is 5.98. The van der Waals surface area contributed by atoms with E-state index in [9.17, 15) is 19.8 Å². The van der Waals surface area contributed by atoms with Crippen LogP contribution in [-0.2, 0) is 0 Å². The van der Waals surface area contributed by atoms with Gasteiger partial charge in [0.15, 0.2) is 11.5 Å². The largest absolute Gasteiger partial charge is 0.505 e. The molecule has 43 heavy (non-hydrogen) atoms. The average Bonchev–Trinajstić information content (AvgIpc) is 2.95. The van der Waals surface area contributed by atoms with E-state index < -0.39 is 11.6 Å². The van der Waals surface area contributed by atoms with Crippen LogP contribution in [0, 0.1) is 0 Å². The number of aromatic nitrogens is 3. The Balaban J connectivity index is 1.45. The minimum atomic E-state index is -0.925. The molecule has 4 aromatic rings. The van der Waals surface area contributed by atoms with Crippen LogP contribution in [0.5, 0.6) is 5.75 Å². The van der Waals surface area contributed by atoms with Crippen LogP contribution in [0.3, 0.4) is 0 Å². The van der Waals surface area contributed by atoms with Crippen LogP contribution in [0.15, 0.2) is 48.8 Å². The number of hydrogen-bond donors (Lipinski definition) is 3. The molecule has 1 fully saturated rings. The number of anilines is 3. The molecule has 0 aliphatic carbocycles. The van der Waals surface area contributed by atoms with Gasteiger partial charge in [-0.25, -0.2) is 14.8 Å². The second-order valence-electron chi connectivity index (χ2n) is 11.6. The molecule has 3 aromatic heterocycles. The first-order valence-electron chi connectivity index (χ1n) is 13.8. The van der Waals surface area contributed by atoms with Gasteiger partial charge in [-0.3, -0.25) is 14.7 Å². The van der Waals surface area contributed by atoms with Crippen LogP contribution in [0.25, 0.3) is 22.3 Å². The predicted molar refractivity (Wildman–Crippen MR) is 169 cm³/mol. The lowest BCUT2D eigenvalue weighted by molar-refractivity contribution is 0.0647. The lowest BCUT2D eigenvalue weighted by Gasteiger charge is -2.44. The first-order valence-corrected chi connectivity index (χ1v) is 14.6. The molecule has 5 rings (SSSR count). The Labute approximate surface area is 259 Å². The van der Waals surface area contributed by atoms with Crippen molar-refractivity contribution < 1.29 is 19.8 Å². The van der Waals surface area contributed by atoms with Gasteiger partial charge in [0.05, 0.1) is 50.4 Å². The van der Waals surface area contributed by atoms with Gasteiger partial charge in [-0.2, -0.15) is 0 Å². The minimum absolute atomic E-state index is 0.0959. The summed E-state index contributed by atoms with van der Waals surface area (Å²) in [6.45, 7) is 8.50. The van der Waals surface area contributed by atoms with Crippen LogP contribution in [0.4, 0.5) is 22.0 Å². The number of phenolic OH excluding ortho intramolecular Hbond substituents is 1. The summed E-state index contributed by atoms with van der Waals surface area (Å²) >= 11 is 12.3. The molecule has 1 atom stereocenters. The van der Waals surface area contributed by atoms with Gasteiger partial charge in [0.2, 0.25) is 0 Å². The van der Waals surface area contributed by atoms with E-state index in [2.05, 4.69) is 20.2 Å². The van der Waals surface area contributed by atoms with Crippen LogP contribution in [-0.4, -0.2) is 66.6 Å². The molecule has 0 bridgehead atoms. The Hall–Kier alpha value is -4.15. The zero-order valence-corrected chi connectivity index (χ0v) is 25.7. The summed E-state index contributed by atoms with van der Waals surface area (Å²) in [5, 5.41) is 23.4. The number of aromatic hydroxyl groups is 1. The zero-order valence-electron chi connectivity index (χ0n) is 24.2. The molecule has 224 valence electrons. The quantitative estimate of drug-likeness (QED) is 0.188. The number of carbonyl (C=O) groups excluding carboxylic acids is 1. The summed E-state index contributed by atoms with van der Waals surface area (Å²) in [5.41, 5.74) is 3.10. The number of ketones is 1. The second kappa shape index (κ2) is 11.9. The van der Waals surface area contributed by atoms with E-state index >= 15 is 0 Å². The van der Waals surface area contributed by atoms with E-state index in [1.807, 2.05) is 32.9 Å². The van der Waals surface area contributed by atoms with E-state index in [-0.39, 0.29) is 27.6 Å². The number of pyridine rings is 3. The Morgan fingerprint density at radius 3 is 2.40 bits per heavy atom. The fraction of sp³-hybridized carbons (Fsp3) is 0.323. The maximum atomic E-state index is 12.6. The van der Waals surface area contributed by atoms with Crippen molar-refractivity contribution in [2.45, 2.75) is 52.1 Å². The molecule has 0 spiro atoms. The number of halogens is 2. The second-order valence-corrected chi connectivity index (χ2v) is 12.4. The monoisotopic (exact) mass is 622 g/mol. The Morgan fingerprint density at radius 1 is 1.07 bits per heavy atom. The molecule has 1 saturated heterocycles. The number of nitrogens with one attached hydrogen (secondary N) is 1. The topological polar surface area (TPSA) is 132 Å². The Bertz CT molecular complexity index is 1680. The maximum absolute atomic E-state index is 12.6. The number of nitrogens with zero attached hydrogens (tertiary/aromatic N) is 5. The number of amides is 1. The summed E-state index contributed by atoms with van der Waals surface area (Å²) < 4.78 is 0. The minimum Gasteiger partial charge on any atom is -0.505 e. The van der Waals surface area contributed by atoms with Crippen molar-refractivity contribution in [1.29, 1.82) is 0 Å². The third kappa shape index (κ3) is 6.30. The van der Waals surface area contributed by atoms with Crippen LogP contribution < -0.4 is 10.2 Å². The molecule has 1 unspecified atom stereocenters. The third-order valence-corrected chi connectivity index (χ3v) is 8.01. The highest BCUT2D eigenvalue weighted by molar-refractivity contribution is 6.37. The Morgan fingerprint density at radius 2 is 1.79 bits per heavy atom. The molecule has 1 aromatic carbocycles. The number of benzene rings is 1. The smallest absolute Gasteiger partial charge is 0.408 e. The number of carbonyl (C=O) groups is 2. The molecule has 0 radical (unpaired) electrons. The SMILES string of the molecule is CC(=O)c1cnc2ccc(-c3cc(Cl)c(O)c(Cl)c3)nc2c1Nc1ccc(N2CCCC(N(C(=O)O)C(C)(C)C)C2)nc1. The van der Waals surface area contributed by atoms with Crippen LogP contribution in [0.1, 0.15) is 50.9 Å². The number of carboxylic acid groups (broad SMARTS) is 1. The van der Waals surface area contributed by atoms with Gasteiger partial charge in [-0.1, -0.05) is 23.2 Å². The average molecular weight is 624 g/mol. The van der Waals surface area contributed by atoms with E-state index in [0.29, 0.717) is 45.8 Å². The molecule has 10 nitrogen and oxygen atoms in total. The summed E-state index contributed by atoms with van der Waals surface area (Å²) in [6, 6.07) is 10.3. The fourth-order valence-electron chi connectivity index (χ4n) is 5.49. The summed E-state index contributed by atoms with van der Waals surface area (Å²) in [4.78, 5) is 42.2. The van der Waals surface area contributed by atoms with Gasteiger partial charge in [-0.15, -0.1) is 0 Å². The van der Waals surface area contributed by atoms with Gasteiger partial charge < -0.3 is 20.4 Å². The molecular weight excluding hydrogens is 591 g/mol. The normalized spacial score (nSPS) is 15.4. The van der Waals surface area contributed by atoms with Gasteiger partial charge in [-0.05, 0) is 76.9 Å². The molecule has 12 heteroatoms. The highest BCUT2D eigenvalue weighted by Crippen LogP contribution is 2.37. The van der Waals surface area contributed by atoms with Gasteiger partial charge in [0.1, 0.15) is 11.3 Å². The third-order valence-electron chi connectivity index (χ3n) is 7.44. The molecule has 0 saturated carbocycles. The predicted octanol–water partition coefficient (Wildman–Crippen LogP) is 7.40. The molecular formula is C31H32Cl2N6O4. The summed E-state index contributed by atoms with van der Waals surface area (Å²) in [6.07, 6.45) is 3.91. The van der Waals surface area contributed by atoms with E-state index in [1.165, 1.54) is 18.0 Å². The lowest BCUT2D eigenvalue weighted by atomic mass is 9.97. The number of hydrogen-bond acceptors (Lipinski definition) is 8. The number of rotatable bonds is 6. The lowest BCUT2D eigenvalue weighted by Crippen LogP contribution is -2.57. The van der Waals surface area contributed by atoms with Gasteiger partial charge in [0, 0.05) is 30.4 Å². The molecule has 3 N–H and O–H groups in total. The first kappa shape index (κ1) is 30.3. The van der Waals surface area contributed by atoms with Crippen LogP contribution >= 0.6 is 23.2 Å². The molecule has 1 amide bonds. The zero-order chi connectivity index (χ0) is 31.1. The van der Waals surface area contributed by atoms with Crippen molar-refractivity contribution in [3.8, 4) is 17.0 Å². The molecule has 1 aliphatic rings. The standard InChI is InChI=1S/C31H32Cl2N6O4/c1-17(40)21-15-34-25-9-8-24(18-12-22(32)29(41)23(33)13-18)37-28(25)27(21)36-19-7-10-26(35-14-19)38-11-5-6-20(16-38)39(30(42)43)31(2,3)4/h7-10,12-15,20,41H,5-6,11,16H2,1-4H3,(H,34,36)(H,42,43). The number of Topliss-reactive ketones (excluding diaryl/α,β-unsaturated/α-hetero) is 1. The van der Waals surface area contributed by atoms with E-state index in [4.69, 9.17) is 28.2 Å². The van der Waals surface area contributed by atoms with Crippen molar-refractivity contribution in [2.24, 2.45) is 0 Å². The number of fused-ring (bicyclic) bond motifs is 1. The van der Waals surface area contributed by atoms with E-state index in [1.54, 1.807) is 30.5 Å². The summed E-state index contributed by atoms with van der Waals surface area (Å²) in [5.74, 6) is 0.341. The van der Waals surface area contributed by atoms with Crippen molar-refractivity contribution in [2.75, 3.05) is 23.3 Å². The molecule has 1 aliphatic heterocycles. The van der Waals surface area contributed by atoms with E-state index in [0.717, 1.165) is 25.2 Å². The first-order chi connectivity index (χ1) is 20.3. The number of phenols is 1.